The summed E-state index contributed by atoms with van der Waals surface area (Å²) in [7, 11) is 1.82. The van der Waals surface area contributed by atoms with Crippen molar-refractivity contribution in [2.24, 2.45) is 0 Å². The fourth-order valence-corrected chi connectivity index (χ4v) is 0.833. The summed E-state index contributed by atoms with van der Waals surface area (Å²) in [5.41, 5.74) is 2.70. The van der Waals surface area contributed by atoms with E-state index in [1.807, 2.05) is 19.2 Å². The van der Waals surface area contributed by atoms with Gasteiger partial charge in [-0.15, -0.1) is 0 Å². The molecule has 2 heteroatoms. The van der Waals surface area contributed by atoms with Crippen molar-refractivity contribution in [3.05, 3.63) is 42.7 Å². The van der Waals surface area contributed by atoms with Crippen molar-refractivity contribution in [2.45, 2.75) is 0 Å². The average molecular weight is 160 g/mol. The third kappa shape index (κ3) is 1.72. The van der Waals surface area contributed by atoms with Crippen molar-refractivity contribution in [1.82, 2.24) is 10.3 Å². The van der Waals surface area contributed by atoms with Crippen LogP contribution in [-0.2, 0) is 0 Å². The lowest BCUT2D eigenvalue weighted by atomic mass is 10.2. The molecule has 0 bridgehead atoms. The van der Waals surface area contributed by atoms with E-state index in [1.165, 1.54) is 0 Å². The zero-order chi connectivity index (χ0) is 8.97. The second-order valence-electron chi connectivity index (χ2n) is 2.41. The van der Waals surface area contributed by atoms with Gasteiger partial charge in [-0.1, -0.05) is 25.3 Å². The maximum Gasteiger partial charge on any atom is 0.0855 e. The van der Waals surface area contributed by atoms with E-state index in [2.05, 4.69) is 23.5 Å². The standard InChI is InChI=1S/C10H12N2/c1-4-9-5-6-10(12-7-9)8(2)11-3/h4-7,11H,1-2H2,3H3. The minimum absolute atomic E-state index is 0.825. The zero-order valence-electron chi connectivity index (χ0n) is 7.17. The summed E-state index contributed by atoms with van der Waals surface area (Å²) in [6, 6.07) is 3.87. The van der Waals surface area contributed by atoms with Crippen LogP contribution in [0.15, 0.2) is 31.5 Å². The van der Waals surface area contributed by atoms with Crippen LogP contribution in [0.4, 0.5) is 0 Å². The molecule has 1 aromatic rings. The predicted octanol–water partition coefficient (Wildman–Crippen LogP) is 1.91. The maximum absolute atomic E-state index is 4.19. The van der Waals surface area contributed by atoms with Gasteiger partial charge in [0.15, 0.2) is 0 Å². The predicted molar refractivity (Wildman–Crippen MR) is 52.4 cm³/mol. The van der Waals surface area contributed by atoms with E-state index in [4.69, 9.17) is 0 Å². The lowest BCUT2D eigenvalue weighted by Crippen LogP contribution is -2.04. The van der Waals surface area contributed by atoms with Crippen LogP contribution in [0, 0.1) is 0 Å². The van der Waals surface area contributed by atoms with Gasteiger partial charge in [0.1, 0.15) is 0 Å². The first kappa shape index (κ1) is 8.53. The molecule has 0 aliphatic carbocycles. The number of hydrogen-bond donors (Lipinski definition) is 1. The van der Waals surface area contributed by atoms with Gasteiger partial charge in [-0.2, -0.15) is 0 Å². The molecule has 0 spiro atoms. The van der Waals surface area contributed by atoms with Crippen LogP contribution >= 0.6 is 0 Å². The Morgan fingerprint density at radius 3 is 2.75 bits per heavy atom. The molecule has 0 aromatic carbocycles. The molecule has 0 aliphatic rings. The van der Waals surface area contributed by atoms with Gasteiger partial charge in [0.05, 0.1) is 11.4 Å². The Hall–Kier alpha value is -1.57. The molecular formula is C10H12N2. The third-order valence-corrected chi connectivity index (χ3v) is 1.63. The molecule has 1 rings (SSSR count). The van der Waals surface area contributed by atoms with Crippen LogP contribution in [-0.4, -0.2) is 12.0 Å². The number of hydrogen-bond acceptors (Lipinski definition) is 2. The second-order valence-corrected chi connectivity index (χ2v) is 2.41. The summed E-state index contributed by atoms with van der Waals surface area (Å²) in [6.07, 6.45) is 3.53. The van der Waals surface area contributed by atoms with E-state index in [0.717, 1.165) is 17.0 Å². The normalized spacial score (nSPS) is 9.08. The minimum Gasteiger partial charge on any atom is -0.387 e. The van der Waals surface area contributed by atoms with Crippen molar-refractivity contribution < 1.29 is 0 Å². The van der Waals surface area contributed by atoms with E-state index in [9.17, 15) is 0 Å². The molecule has 2 nitrogen and oxygen atoms in total. The molecule has 1 heterocycles. The van der Waals surface area contributed by atoms with Crippen molar-refractivity contribution in [3.8, 4) is 0 Å². The van der Waals surface area contributed by atoms with Crippen LogP contribution in [0.25, 0.3) is 11.8 Å². The molecule has 62 valence electrons. The summed E-state index contributed by atoms with van der Waals surface area (Å²) < 4.78 is 0. The van der Waals surface area contributed by atoms with Gasteiger partial charge >= 0.3 is 0 Å². The summed E-state index contributed by atoms with van der Waals surface area (Å²) in [5, 5.41) is 2.94. The molecule has 0 fully saturated rings. The van der Waals surface area contributed by atoms with Gasteiger partial charge in [-0.3, -0.25) is 4.98 Å². The van der Waals surface area contributed by atoms with Gasteiger partial charge in [-0.05, 0) is 11.6 Å². The fourth-order valence-electron chi connectivity index (χ4n) is 0.833. The van der Waals surface area contributed by atoms with Crippen molar-refractivity contribution in [3.63, 3.8) is 0 Å². The van der Waals surface area contributed by atoms with Gasteiger partial charge < -0.3 is 5.32 Å². The van der Waals surface area contributed by atoms with Gasteiger partial charge in [-0.25, -0.2) is 0 Å². The quantitative estimate of drug-likeness (QED) is 0.730. The van der Waals surface area contributed by atoms with E-state index in [1.54, 1.807) is 12.3 Å². The van der Waals surface area contributed by atoms with Crippen molar-refractivity contribution in [1.29, 1.82) is 0 Å². The van der Waals surface area contributed by atoms with Gasteiger partial charge in [0.25, 0.3) is 0 Å². The Morgan fingerprint density at radius 2 is 2.33 bits per heavy atom. The average Bonchev–Trinajstić information content (AvgIpc) is 2.17. The number of rotatable bonds is 3. The molecule has 0 radical (unpaired) electrons. The molecule has 0 atom stereocenters. The molecule has 12 heavy (non-hydrogen) atoms. The lowest BCUT2D eigenvalue weighted by Gasteiger charge is -2.02. The van der Waals surface area contributed by atoms with Crippen LogP contribution in [0.2, 0.25) is 0 Å². The first-order valence-corrected chi connectivity index (χ1v) is 3.73. The van der Waals surface area contributed by atoms with E-state index in [-0.39, 0.29) is 0 Å². The molecule has 0 aliphatic heterocycles. The monoisotopic (exact) mass is 160 g/mol. The maximum atomic E-state index is 4.19. The molecule has 0 saturated heterocycles. The Labute approximate surface area is 72.6 Å². The lowest BCUT2D eigenvalue weighted by molar-refractivity contribution is 1.10. The number of aromatic nitrogens is 1. The summed E-state index contributed by atoms with van der Waals surface area (Å²) in [5.74, 6) is 0. The van der Waals surface area contributed by atoms with E-state index in [0.29, 0.717) is 0 Å². The zero-order valence-corrected chi connectivity index (χ0v) is 7.17. The van der Waals surface area contributed by atoms with Gasteiger partial charge in [0.2, 0.25) is 0 Å². The van der Waals surface area contributed by atoms with Crippen LogP contribution in [0.3, 0.4) is 0 Å². The van der Waals surface area contributed by atoms with Crippen LogP contribution in [0.1, 0.15) is 11.3 Å². The summed E-state index contributed by atoms with van der Waals surface area (Å²) >= 11 is 0. The van der Waals surface area contributed by atoms with Crippen LogP contribution in [0.5, 0.6) is 0 Å². The van der Waals surface area contributed by atoms with E-state index >= 15 is 0 Å². The molecule has 1 N–H and O–H groups in total. The first-order valence-electron chi connectivity index (χ1n) is 3.73. The largest absolute Gasteiger partial charge is 0.387 e. The smallest absolute Gasteiger partial charge is 0.0855 e. The topological polar surface area (TPSA) is 24.9 Å². The Bertz CT molecular complexity index is 285. The highest BCUT2D eigenvalue weighted by Crippen LogP contribution is 2.06. The summed E-state index contributed by atoms with van der Waals surface area (Å²) in [4.78, 5) is 4.19. The van der Waals surface area contributed by atoms with Crippen molar-refractivity contribution >= 4 is 11.8 Å². The molecule has 0 saturated carbocycles. The minimum atomic E-state index is 0.825. The highest BCUT2D eigenvalue weighted by atomic mass is 14.9. The van der Waals surface area contributed by atoms with Crippen LogP contribution < -0.4 is 5.32 Å². The molecule has 0 amide bonds. The highest BCUT2D eigenvalue weighted by molar-refractivity contribution is 5.59. The Kier molecular flexibility index (Phi) is 2.64. The fraction of sp³-hybridized carbons (Fsp3) is 0.100. The molecule has 0 unspecified atom stereocenters. The Morgan fingerprint density at radius 1 is 1.58 bits per heavy atom. The third-order valence-electron chi connectivity index (χ3n) is 1.63. The number of nitrogens with one attached hydrogen (secondary N) is 1. The number of nitrogens with zero attached hydrogens (tertiary/aromatic N) is 1. The van der Waals surface area contributed by atoms with Crippen molar-refractivity contribution in [2.75, 3.05) is 7.05 Å². The molecular weight excluding hydrogens is 148 g/mol. The highest BCUT2D eigenvalue weighted by Gasteiger charge is 1.95. The Balaban J connectivity index is 2.91. The molecule has 1 aromatic heterocycles. The second kappa shape index (κ2) is 3.72. The number of pyridine rings is 1. The van der Waals surface area contributed by atoms with Gasteiger partial charge in [0, 0.05) is 13.2 Å². The first-order chi connectivity index (χ1) is 5.77. The summed E-state index contributed by atoms with van der Waals surface area (Å²) in [6.45, 7) is 7.45. The SMILES string of the molecule is C=Cc1ccc(C(=C)NC)nc1. The van der Waals surface area contributed by atoms with E-state index < -0.39 is 0 Å².